The van der Waals surface area contributed by atoms with E-state index in [-0.39, 0.29) is 0 Å². The van der Waals surface area contributed by atoms with Crippen molar-refractivity contribution in [2.45, 2.75) is 0 Å². The van der Waals surface area contributed by atoms with E-state index < -0.39 is 8.29 Å². The maximum Gasteiger partial charge on any atom is -0.231 e. The molecule has 0 aliphatic heterocycles. The maximum atomic E-state index is 7.71. The molecule has 0 aromatic heterocycles. The van der Waals surface area contributed by atoms with Crippen molar-refractivity contribution in [3.05, 3.63) is 0 Å². The van der Waals surface area contributed by atoms with Gasteiger partial charge in [-0.3, -0.25) is 0 Å². The van der Waals surface area contributed by atoms with Crippen molar-refractivity contribution in [1.82, 2.24) is 0 Å². The highest BCUT2D eigenvalue weighted by atomic mass is 33.1. The average molecular weight is 113 g/mol. The van der Waals surface area contributed by atoms with Crippen LogP contribution in [-0.2, 0) is 30.7 Å². The van der Waals surface area contributed by atoms with Gasteiger partial charge in [-0.2, -0.15) is 0 Å². The Hall–Kier alpha value is 0.750. The van der Waals surface area contributed by atoms with Crippen LogP contribution in [0.1, 0.15) is 0 Å². The largest absolute Gasteiger partial charge is 0.481 e. The van der Waals surface area contributed by atoms with E-state index in [1.165, 1.54) is 0 Å². The van der Waals surface area contributed by atoms with E-state index in [0.717, 1.165) is 0 Å². The summed E-state index contributed by atoms with van der Waals surface area (Å²) in [7, 11) is -1.19. The fraction of sp³-hybridized carbons (Fsp3) is 0. The van der Waals surface area contributed by atoms with Gasteiger partial charge < -0.3 is 4.55 Å². The molecule has 0 saturated heterocycles. The first-order valence-corrected chi connectivity index (χ1v) is 3.55. The lowest BCUT2D eigenvalue weighted by molar-refractivity contribution is 0.671. The second kappa shape index (κ2) is 2.02. The Kier molecular flexibility index (Phi) is 2.39. The number of hydrogen-bond donors (Lipinski definition) is 1. The van der Waals surface area contributed by atoms with Crippen LogP contribution in [0.3, 0.4) is 0 Å². The Labute approximate surface area is 35.7 Å². The molecular formula is HOS3-. The second-order valence-electron chi connectivity index (χ2n) is 0.217. The third-order valence-corrected chi connectivity index (χ3v) is 0. The van der Waals surface area contributed by atoms with Gasteiger partial charge in [-0.05, 0) is 0 Å². The molecule has 1 nitrogen and oxygen atoms in total. The lowest BCUT2D eigenvalue weighted by Gasteiger charge is -1.71. The summed E-state index contributed by atoms with van der Waals surface area (Å²) >= 11 is 8.04. The van der Waals surface area contributed by atoms with Gasteiger partial charge in [0.15, 0.2) is 0 Å². The van der Waals surface area contributed by atoms with Crippen molar-refractivity contribution >= 4 is 30.7 Å². The molecule has 0 aromatic rings. The first-order chi connectivity index (χ1) is 1.73. The molecule has 0 spiro atoms. The monoisotopic (exact) mass is 113 g/mol. The van der Waals surface area contributed by atoms with Gasteiger partial charge in [-0.25, -0.2) is 30.7 Å². The summed E-state index contributed by atoms with van der Waals surface area (Å²) in [5.41, 5.74) is 0. The summed E-state index contributed by atoms with van der Waals surface area (Å²) < 4.78 is 7.71. The smallest absolute Gasteiger partial charge is 0.231 e. The molecule has 0 amide bonds. The fourth-order valence-electron chi connectivity index (χ4n) is 0. The van der Waals surface area contributed by atoms with Crippen LogP contribution in [0.2, 0.25) is 0 Å². The SMILES string of the molecule is O[S-](=S)=S. The van der Waals surface area contributed by atoms with Gasteiger partial charge >= 0.3 is 0 Å². The first kappa shape index (κ1) is 4.75. The van der Waals surface area contributed by atoms with E-state index >= 15 is 0 Å². The minimum Gasteiger partial charge on any atom is -0.481 e. The summed E-state index contributed by atoms with van der Waals surface area (Å²) in [6.07, 6.45) is 0. The molecule has 0 saturated carbocycles. The average Bonchev–Trinajstić information content (AvgIpc) is 0.811. The highest BCUT2D eigenvalue weighted by Crippen LogP contribution is 1.35. The van der Waals surface area contributed by atoms with E-state index in [0.29, 0.717) is 0 Å². The van der Waals surface area contributed by atoms with E-state index in [9.17, 15) is 0 Å². The highest BCUT2D eigenvalue weighted by Gasteiger charge is 1.13. The maximum absolute atomic E-state index is 7.71. The minimum absolute atomic E-state index is 1.19. The lowest BCUT2D eigenvalue weighted by Crippen LogP contribution is -1.50. The van der Waals surface area contributed by atoms with Crippen molar-refractivity contribution in [3.8, 4) is 0 Å². The van der Waals surface area contributed by atoms with Crippen molar-refractivity contribution in [1.29, 1.82) is 0 Å². The van der Waals surface area contributed by atoms with E-state index in [2.05, 4.69) is 22.4 Å². The van der Waals surface area contributed by atoms with Crippen LogP contribution in [0.5, 0.6) is 0 Å². The van der Waals surface area contributed by atoms with Crippen LogP contribution < -0.4 is 0 Å². The van der Waals surface area contributed by atoms with Crippen molar-refractivity contribution in [2.75, 3.05) is 0 Å². The van der Waals surface area contributed by atoms with Crippen molar-refractivity contribution in [3.63, 3.8) is 0 Å². The molecule has 1 N–H and O–H groups in total. The third kappa shape index (κ3) is 15.0. The Morgan fingerprint density at radius 1 is 1.50 bits per heavy atom. The first-order valence-electron chi connectivity index (χ1n) is 0.516. The van der Waals surface area contributed by atoms with Crippen LogP contribution in [0.4, 0.5) is 0 Å². The second-order valence-corrected chi connectivity index (χ2v) is 3.18. The van der Waals surface area contributed by atoms with Gasteiger partial charge in [0.2, 0.25) is 0 Å². The minimum atomic E-state index is -1.19. The fourth-order valence-corrected chi connectivity index (χ4v) is 0. The van der Waals surface area contributed by atoms with Crippen LogP contribution in [-0.4, -0.2) is 4.55 Å². The van der Waals surface area contributed by atoms with Crippen LogP contribution in [0.25, 0.3) is 0 Å². The summed E-state index contributed by atoms with van der Waals surface area (Å²) in [5, 5.41) is 0. The summed E-state index contributed by atoms with van der Waals surface area (Å²) in [6.45, 7) is 0. The molecule has 0 aliphatic rings. The normalized spacial score (nSPS) is 8.50. The molecule has 0 radical (unpaired) electrons. The standard InChI is InChI=1S/HOS3/c1-4(2)3/h(H,1,2,3)/q-1. The molecule has 0 aliphatic carbocycles. The Morgan fingerprint density at radius 3 is 1.50 bits per heavy atom. The predicted octanol–water partition coefficient (Wildman–Crippen LogP) is 0.00150. The van der Waals surface area contributed by atoms with Gasteiger partial charge in [0, 0.05) is 0 Å². The quantitative estimate of drug-likeness (QED) is 0.447. The molecule has 0 fully saturated rings. The third-order valence-electron chi connectivity index (χ3n) is 0. The molecule has 26 valence electrons. The Bertz CT molecular complexity index is 51.7. The molecule has 0 aromatic carbocycles. The van der Waals surface area contributed by atoms with E-state index in [1.54, 1.807) is 0 Å². The molecule has 4 heavy (non-hydrogen) atoms. The van der Waals surface area contributed by atoms with E-state index in [1.807, 2.05) is 0 Å². The molecule has 0 atom stereocenters. The molecule has 0 bridgehead atoms. The van der Waals surface area contributed by atoms with Gasteiger partial charge in [0.1, 0.15) is 0 Å². The number of rotatable bonds is 0. The van der Waals surface area contributed by atoms with Gasteiger partial charge in [0.25, 0.3) is 0 Å². The summed E-state index contributed by atoms with van der Waals surface area (Å²) in [4.78, 5) is 0. The zero-order chi connectivity index (χ0) is 3.58. The Morgan fingerprint density at radius 2 is 1.50 bits per heavy atom. The lowest BCUT2D eigenvalue weighted by atomic mass is 15.9. The summed E-state index contributed by atoms with van der Waals surface area (Å²) in [5.74, 6) is 0. The van der Waals surface area contributed by atoms with Crippen molar-refractivity contribution < 1.29 is 4.55 Å². The molecular weight excluding hydrogens is 112 g/mol. The van der Waals surface area contributed by atoms with Gasteiger partial charge in [0.05, 0.1) is 0 Å². The van der Waals surface area contributed by atoms with Gasteiger partial charge in [-0.1, -0.05) is 0 Å². The predicted molar refractivity (Wildman–Crippen MR) is 24.7 cm³/mol. The van der Waals surface area contributed by atoms with Crippen LogP contribution >= 0.6 is 0 Å². The number of hydrogen-bond acceptors (Lipinski definition) is 3. The zero-order valence-corrected chi connectivity index (χ0v) is 4.12. The van der Waals surface area contributed by atoms with E-state index in [4.69, 9.17) is 4.55 Å². The summed E-state index contributed by atoms with van der Waals surface area (Å²) in [6, 6.07) is 0. The Balaban J connectivity index is 3.51. The highest BCUT2D eigenvalue weighted by molar-refractivity contribution is 8.43. The van der Waals surface area contributed by atoms with Crippen LogP contribution in [0.15, 0.2) is 0 Å². The topological polar surface area (TPSA) is 20.2 Å². The zero-order valence-electron chi connectivity index (χ0n) is 1.67. The van der Waals surface area contributed by atoms with Crippen molar-refractivity contribution in [2.24, 2.45) is 0 Å². The molecule has 4 heteroatoms. The molecule has 0 unspecified atom stereocenters. The van der Waals surface area contributed by atoms with Gasteiger partial charge in [-0.15, -0.1) is 0 Å². The van der Waals surface area contributed by atoms with Crippen LogP contribution in [0, 0.1) is 0 Å². The molecule has 0 rings (SSSR count). The molecule has 0 heterocycles.